The molecule has 0 aromatic heterocycles. The standard InChI is InChI=1S/C34H58N2O7/c1-20(10-15-29(40)42-7)23-13-14-24-30-25(18-27(38)34(23,24)6)33(5)19-22(12-11-21(33)17-26(30)37)36-28(39)9-8-16-35-31(41)43-32(2,3)4/h20-27,30,37-38H,8-19H2,1-7H3,(H,35,41)(H,36,39)/t20-,21+,22+,23-,24+,25+,26-,27+,30+,33+,34-/m1/s1. The Balaban J connectivity index is 1.38. The minimum Gasteiger partial charge on any atom is -0.469 e. The van der Waals surface area contributed by atoms with Gasteiger partial charge < -0.3 is 30.3 Å². The molecule has 0 aromatic rings. The van der Waals surface area contributed by atoms with Crippen molar-refractivity contribution in [1.82, 2.24) is 10.6 Å². The van der Waals surface area contributed by atoms with Crippen molar-refractivity contribution < 1.29 is 34.1 Å². The fraction of sp³-hybridized carbons (Fsp3) is 0.912. The molecule has 4 aliphatic carbocycles. The minimum atomic E-state index is -0.554. The third-order valence-electron chi connectivity index (χ3n) is 12.1. The van der Waals surface area contributed by atoms with E-state index in [1.807, 2.05) is 20.8 Å². The molecule has 2 amide bonds. The summed E-state index contributed by atoms with van der Waals surface area (Å²) in [4.78, 5) is 36.6. The van der Waals surface area contributed by atoms with Gasteiger partial charge in [0.1, 0.15) is 5.60 Å². The monoisotopic (exact) mass is 606 g/mol. The van der Waals surface area contributed by atoms with E-state index < -0.39 is 17.8 Å². The van der Waals surface area contributed by atoms with Gasteiger partial charge in [0.2, 0.25) is 5.91 Å². The lowest BCUT2D eigenvalue weighted by Crippen LogP contribution is -2.63. The van der Waals surface area contributed by atoms with Crippen LogP contribution in [0, 0.1) is 46.3 Å². The number of aliphatic hydroxyl groups excluding tert-OH is 2. The third-order valence-corrected chi connectivity index (χ3v) is 12.1. The molecule has 0 bridgehead atoms. The molecule has 0 radical (unpaired) electrons. The number of esters is 1. The first-order valence-electron chi connectivity index (χ1n) is 16.8. The molecule has 4 saturated carbocycles. The summed E-state index contributed by atoms with van der Waals surface area (Å²) in [6.45, 7) is 12.6. The summed E-state index contributed by atoms with van der Waals surface area (Å²) >= 11 is 0. The molecule has 4 rings (SSSR count). The Bertz CT molecular complexity index is 1010. The molecular weight excluding hydrogens is 548 g/mol. The number of ether oxygens (including phenoxy) is 2. The summed E-state index contributed by atoms with van der Waals surface area (Å²) in [5.74, 6) is 1.37. The number of carbonyl (C=O) groups excluding carboxylic acids is 3. The molecule has 0 aliphatic heterocycles. The van der Waals surface area contributed by atoms with Crippen molar-refractivity contribution in [2.75, 3.05) is 13.7 Å². The SMILES string of the molecule is COC(=O)CC[C@@H](C)[C@H]1CC[C@H]2[C@@H]3[C@H](O)C[C@@H]4CC[C@H](NC(=O)CCCNC(=O)OC(C)(C)C)C[C@]4(C)[C@H]3C[C@H](O)[C@]12C. The molecular formula is C34H58N2O7. The van der Waals surface area contributed by atoms with Gasteiger partial charge >= 0.3 is 12.1 Å². The second-order valence-electron chi connectivity index (χ2n) is 15.8. The number of aliphatic hydroxyl groups is 2. The molecule has 43 heavy (non-hydrogen) atoms. The molecule has 246 valence electrons. The largest absolute Gasteiger partial charge is 0.469 e. The zero-order chi connectivity index (χ0) is 31.7. The molecule has 0 unspecified atom stereocenters. The van der Waals surface area contributed by atoms with Crippen molar-refractivity contribution in [3.8, 4) is 0 Å². The van der Waals surface area contributed by atoms with E-state index in [9.17, 15) is 24.6 Å². The van der Waals surface area contributed by atoms with Crippen molar-refractivity contribution in [3.05, 3.63) is 0 Å². The van der Waals surface area contributed by atoms with Crippen LogP contribution in [0.5, 0.6) is 0 Å². The molecule has 9 heteroatoms. The predicted octanol–water partition coefficient (Wildman–Crippen LogP) is 4.97. The highest BCUT2D eigenvalue weighted by atomic mass is 16.6. The van der Waals surface area contributed by atoms with Crippen molar-refractivity contribution in [2.45, 2.75) is 136 Å². The highest BCUT2D eigenvalue weighted by Gasteiger charge is 2.65. The second kappa shape index (κ2) is 13.2. The zero-order valence-corrected chi connectivity index (χ0v) is 27.6. The van der Waals surface area contributed by atoms with Gasteiger partial charge in [-0.3, -0.25) is 9.59 Å². The maximum absolute atomic E-state index is 12.9. The maximum Gasteiger partial charge on any atom is 0.407 e. The number of fused-ring (bicyclic) bond motifs is 5. The average Bonchev–Trinajstić information content (AvgIpc) is 3.28. The molecule has 4 N–H and O–H groups in total. The van der Waals surface area contributed by atoms with E-state index >= 15 is 0 Å². The molecule has 11 atom stereocenters. The highest BCUT2D eigenvalue weighted by Crippen LogP contribution is 2.68. The summed E-state index contributed by atoms with van der Waals surface area (Å²) in [7, 11) is 1.43. The minimum absolute atomic E-state index is 0.00117. The molecule has 0 heterocycles. The smallest absolute Gasteiger partial charge is 0.407 e. The van der Waals surface area contributed by atoms with Crippen LogP contribution in [0.15, 0.2) is 0 Å². The maximum atomic E-state index is 12.9. The van der Waals surface area contributed by atoms with Crippen molar-refractivity contribution in [1.29, 1.82) is 0 Å². The van der Waals surface area contributed by atoms with Crippen LogP contribution >= 0.6 is 0 Å². The molecule has 9 nitrogen and oxygen atoms in total. The highest BCUT2D eigenvalue weighted by molar-refractivity contribution is 5.76. The van der Waals surface area contributed by atoms with Crippen LogP contribution in [0.1, 0.15) is 112 Å². The number of hydrogen-bond donors (Lipinski definition) is 4. The van der Waals surface area contributed by atoms with Gasteiger partial charge in [-0.2, -0.15) is 0 Å². The summed E-state index contributed by atoms with van der Waals surface area (Å²) in [5.41, 5.74) is -0.896. The number of rotatable bonds is 9. The van der Waals surface area contributed by atoms with Crippen LogP contribution in [0.2, 0.25) is 0 Å². The van der Waals surface area contributed by atoms with Gasteiger partial charge in [-0.1, -0.05) is 20.8 Å². The van der Waals surface area contributed by atoms with Gasteiger partial charge in [0.15, 0.2) is 0 Å². The molecule has 0 spiro atoms. The first kappa shape index (κ1) is 34.0. The molecule has 4 fully saturated rings. The van der Waals surface area contributed by atoms with Gasteiger partial charge in [-0.05, 0) is 125 Å². The average molecular weight is 607 g/mol. The topological polar surface area (TPSA) is 134 Å². The Labute approximate surface area is 258 Å². The Hall–Kier alpha value is -1.87. The molecule has 0 saturated heterocycles. The van der Waals surface area contributed by atoms with E-state index in [-0.39, 0.29) is 58.5 Å². The van der Waals surface area contributed by atoms with E-state index in [0.29, 0.717) is 44.1 Å². The molecule has 0 aromatic carbocycles. The fourth-order valence-electron chi connectivity index (χ4n) is 10.1. The van der Waals surface area contributed by atoms with Crippen molar-refractivity contribution in [3.63, 3.8) is 0 Å². The summed E-state index contributed by atoms with van der Waals surface area (Å²) in [6, 6.07) is 0.0728. The molecule has 4 aliphatic rings. The summed E-state index contributed by atoms with van der Waals surface area (Å²) in [5, 5.41) is 29.5. The van der Waals surface area contributed by atoms with E-state index in [2.05, 4.69) is 31.4 Å². The van der Waals surface area contributed by atoms with E-state index in [0.717, 1.165) is 44.9 Å². The van der Waals surface area contributed by atoms with Crippen LogP contribution < -0.4 is 10.6 Å². The van der Waals surface area contributed by atoms with Crippen molar-refractivity contribution in [2.24, 2.45) is 46.3 Å². The van der Waals surface area contributed by atoms with E-state index in [1.165, 1.54) is 7.11 Å². The van der Waals surface area contributed by atoms with Gasteiger partial charge in [0, 0.05) is 25.4 Å². The van der Waals surface area contributed by atoms with Gasteiger partial charge in [0.05, 0.1) is 19.3 Å². The van der Waals surface area contributed by atoms with Crippen molar-refractivity contribution >= 4 is 18.0 Å². The Kier molecular flexibility index (Phi) is 10.5. The van der Waals surface area contributed by atoms with Gasteiger partial charge in [0.25, 0.3) is 0 Å². The predicted molar refractivity (Wildman–Crippen MR) is 164 cm³/mol. The fourth-order valence-corrected chi connectivity index (χ4v) is 10.1. The Morgan fingerprint density at radius 2 is 1.72 bits per heavy atom. The van der Waals surface area contributed by atoms with Gasteiger partial charge in [-0.15, -0.1) is 0 Å². The normalized spacial score (nSPS) is 39.5. The number of amides is 2. The first-order valence-corrected chi connectivity index (χ1v) is 16.8. The Morgan fingerprint density at radius 1 is 1.00 bits per heavy atom. The lowest BCUT2D eigenvalue weighted by molar-refractivity contribution is -0.203. The van der Waals surface area contributed by atoms with Crippen LogP contribution in [0.3, 0.4) is 0 Å². The first-order chi connectivity index (χ1) is 20.1. The Morgan fingerprint density at radius 3 is 2.40 bits per heavy atom. The quantitative estimate of drug-likeness (QED) is 0.215. The lowest BCUT2D eigenvalue weighted by Gasteiger charge is -2.64. The number of hydrogen-bond acceptors (Lipinski definition) is 7. The van der Waals surface area contributed by atoms with Crippen LogP contribution in [0.25, 0.3) is 0 Å². The van der Waals surface area contributed by atoms with Crippen LogP contribution in [0.4, 0.5) is 4.79 Å². The van der Waals surface area contributed by atoms with Crippen LogP contribution in [-0.2, 0) is 19.1 Å². The zero-order valence-electron chi connectivity index (χ0n) is 27.6. The number of nitrogens with one attached hydrogen (secondary N) is 2. The van der Waals surface area contributed by atoms with Crippen LogP contribution in [-0.4, -0.2) is 65.7 Å². The summed E-state index contributed by atoms with van der Waals surface area (Å²) < 4.78 is 10.1. The lowest BCUT2D eigenvalue weighted by atomic mass is 9.43. The number of methoxy groups -OCH3 is 1. The van der Waals surface area contributed by atoms with E-state index in [4.69, 9.17) is 9.47 Å². The van der Waals surface area contributed by atoms with Gasteiger partial charge in [-0.25, -0.2) is 4.79 Å². The third kappa shape index (κ3) is 7.18. The van der Waals surface area contributed by atoms with E-state index in [1.54, 1.807) is 0 Å². The summed E-state index contributed by atoms with van der Waals surface area (Å²) in [6.07, 6.45) is 6.94. The number of carbonyl (C=O) groups is 3. The number of alkyl carbamates (subject to hydrolysis) is 1. The second-order valence-corrected chi connectivity index (χ2v) is 15.8.